The van der Waals surface area contributed by atoms with E-state index in [2.05, 4.69) is 6.58 Å². The molecule has 1 N–H and O–H groups in total. The van der Waals surface area contributed by atoms with Gasteiger partial charge in [0.1, 0.15) is 0 Å². The summed E-state index contributed by atoms with van der Waals surface area (Å²) in [5.41, 5.74) is 0. The Morgan fingerprint density at radius 3 is 0.778 bits per heavy atom. The molecule has 0 fully saturated rings. The maximum atomic E-state index is 11.2. The highest BCUT2D eigenvalue weighted by molar-refractivity contribution is 7.94. The van der Waals surface area contributed by atoms with Crippen LogP contribution in [0.15, 0.2) is 12.0 Å². The Bertz CT molecular complexity index is 685. The average Bonchev–Trinajstić information content (AvgIpc) is 3.04. The van der Waals surface area contributed by atoms with Crippen LogP contribution in [-0.4, -0.2) is 184 Å². The summed E-state index contributed by atoms with van der Waals surface area (Å²) in [5.74, 6) is 0.0453. The zero-order chi connectivity index (χ0) is 32.8. The van der Waals surface area contributed by atoms with Crippen LogP contribution in [0.4, 0.5) is 0 Å². The van der Waals surface area contributed by atoms with Gasteiger partial charge < -0.3 is 61.9 Å². The van der Waals surface area contributed by atoms with Crippen molar-refractivity contribution in [1.82, 2.24) is 0 Å². The minimum atomic E-state index is -3.16. The molecule has 0 aliphatic heterocycles. The average molecular weight is 679 g/mol. The second-order valence-corrected chi connectivity index (χ2v) is 11.0. The van der Waals surface area contributed by atoms with Crippen molar-refractivity contribution in [2.45, 2.75) is 6.42 Å². The van der Waals surface area contributed by atoms with E-state index < -0.39 is 9.84 Å². The molecule has 0 radical (unpaired) electrons. The van der Waals surface area contributed by atoms with Crippen LogP contribution in [0, 0.1) is 0 Å². The van der Waals surface area contributed by atoms with Gasteiger partial charge in [-0.3, -0.25) is 0 Å². The van der Waals surface area contributed by atoms with Gasteiger partial charge >= 0.3 is 0 Å². The van der Waals surface area contributed by atoms with Crippen LogP contribution < -0.4 is 0 Å². The van der Waals surface area contributed by atoms with Crippen molar-refractivity contribution in [3.63, 3.8) is 0 Å². The first-order chi connectivity index (χ1) is 22.1. The van der Waals surface area contributed by atoms with Crippen molar-refractivity contribution in [2.24, 2.45) is 0 Å². The number of aliphatic hydroxyl groups excluding tert-OH is 1. The predicted molar refractivity (Wildman–Crippen MR) is 166 cm³/mol. The lowest BCUT2D eigenvalue weighted by atomic mass is 10.5. The second kappa shape index (κ2) is 37.6. The molecule has 0 unspecified atom stereocenters. The highest BCUT2D eigenvalue weighted by Gasteiger charge is 2.03. The molecule has 0 amide bonds. The fourth-order valence-electron chi connectivity index (χ4n) is 3.03. The Balaban J connectivity index is 3.07. The number of rotatable bonds is 40. The van der Waals surface area contributed by atoms with Crippen LogP contribution in [-0.2, 0) is 66.7 Å². The van der Waals surface area contributed by atoms with Crippen molar-refractivity contribution in [1.29, 1.82) is 0 Å². The Morgan fingerprint density at radius 1 is 0.378 bits per heavy atom. The Hall–Kier alpha value is -0.830. The van der Waals surface area contributed by atoms with E-state index in [1.165, 1.54) is 0 Å². The Kier molecular flexibility index (Phi) is 36.9. The normalized spacial score (nSPS) is 11.8. The first-order valence-electron chi connectivity index (χ1n) is 15.5. The summed E-state index contributed by atoms with van der Waals surface area (Å²) in [7, 11) is -3.16. The molecule has 0 saturated carbocycles. The molecule has 45 heavy (non-hydrogen) atoms. The number of hydrogen-bond donors (Lipinski definition) is 1. The number of hydrogen-bond acceptors (Lipinski definition) is 15. The van der Waals surface area contributed by atoms with Gasteiger partial charge in [-0.05, 0) is 6.42 Å². The smallest absolute Gasteiger partial charge is 0.171 e. The monoisotopic (exact) mass is 678 g/mol. The van der Waals surface area contributed by atoms with Gasteiger partial charge in [-0.15, -0.1) is 0 Å². The molecular weight excluding hydrogens is 620 g/mol. The summed E-state index contributed by atoms with van der Waals surface area (Å²) < 4.78 is 87.1. The molecule has 0 rings (SSSR count). The molecule has 0 heterocycles. The molecule has 0 bridgehead atoms. The zero-order valence-electron chi connectivity index (χ0n) is 26.9. The van der Waals surface area contributed by atoms with E-state index in [-0.39, 0.29) is 12.4 Å². The van der Waals surface area contributed by atoms with E-state index in [1.807, 2.05) is 0 Å². The molecule has 0 aromatic heterocycles. The minimum absolute atomic E-state index is 0.0199. The molecule has 270 valence electrons. The molecular formula is C29H58O15S. The van der Waals surface area contributed by atoms with Gasteiger partial charge in [-0.25, -0.2) is 8.42 Å². The van der Waals surface area contributed by atoms with Gasteiger partial charge in [0, 0.05) is 12.0 Å². The van der Waals surface area contributed by atoms with Gasteiger partial charge in [-0.2, -0.15) is 0 Å². The summed E-state index contributed by atoms with van der Waals surface area (Å²) in [6.07, 6.45) is 0.435. The van der Waals surface area contributed by atoms with E-state index >= 15 is 0 Å². The number of aliphatic hydroxyl groups is 1. The zero-order valence-corrected chi connectivity index (χ0v) is 27.8. The third kappa shape index (κ3) is 39.3. The van der Waals surface area contributed by atoms with Crippen molar-refractivity contribution < 1.29 is 70.4 Å². The van der Waals surface area contributed by atoms with Crippen LogP contribution in [0.1, 0.15) is 6.42 Å². The molecule has 16 heteroatoms. The second-order valence-electron chi connectivity index (χ2n) is 8.96. The predicted octanol–water partition coefficient (Wildman–Crippen LogP) is 0.126. The first kappa shape index (κ1) is 44.2. The lowest BCUT2D eigenvalue weighted by Gasteiger charge is -2.09. The Labute approximate surface area is 269 Å². The summed E-state index contributed by atoms with van der Waals surface area (Å²) in [6, 6.07) is 0. The largest absolute Gasteiger partial charge is 0.394 e. The van der Waals surface area contributed by atoms with Crippen molar-refractivity contribution in [2.75, 3.05) is 171 Å². The van der Waals surface area contributed by atoms with Gasteiger partial charge in [0.2, 0.25) is 0 Å². The fraction of sp³-hybridized carbons (Fsp3) is 0.931. The number of ether oxygens (including phenoxy) is 12. The van der Waals surface area contributed by atoms with Gasteiger partial charge in [0.25, 0.3) is 0 Å². The van der Waals surface area contributed by atoms with E-state index in [1.54, 1.807) is 0 Å². The van der Waals surface area contributed by atoms with Crippen LogP contribution >= 0.6 is 0 Å². The van der Waals surface area contributed by atoms with Gasteiger partial charge in [0.15, 0.2) is 9.84 Å². The standard InChI is InChI=1S/C29H58O15S/c1-2-45(31,32)29-3-5-33-7-9-35-11-13-37-15-17-39-19-21-41-23-25-43-27-28-44-26-24-42-22-20-40-18-16-38-14-12-36-10-8-34-6-4-30/h2,30H,1,3-29H2. The maximum Gasteiger partial charge on any atom is 0.171 e. The molecule has 0 aromatic carbocycles. The summed E-state index contributed by atoms with van der Waals surface area (Å²) in [6.45, 7) is 14.5. The third-order valence-electron chi connectivity index (χ3n) is 5.30. The molecule has 0 aromatic rings. The van der Waals surface area contributed by atoms with E-state index in [9.17, 15) is 8.42 Å². The fourth-order valence-corrected chi connectivity index (χ4v) is 3.72. The van der Waals surface area contributed by atoms with E-state index in [0.717, 1.165) is 5.41 Å². The van der Waals surface area contributed by atoms with E-state index in [0.29, 0.717) is 165 Å². The van der Waals surface area contributed by atoms with Crippen molar-refractivity contribution >= 4 is 9.84 Å². The summed E-state index contributed by atoms with van der Waals surface area (Å²) in [4.78, 5) is 0. The minimum Gasteiger partial charge on any atom is -0.394 e. The summed E-state index contributed by atoms with van der Waals surface area (Å²) >= 11 is 0. The lowest BCUT2D eigenvalue weighted by molar-refractivity contribution is -0.0286. The maximum absolute atomic E-state index is 11.2. The van der Waals surface area contributed by atoms with Crippen molar-refractivity contribution in [3.05, 3.63) is 12.0 Å². The Morgan fingerprint density at radius 2 is 0.578 bits per heavy atom. The number of sulfone groups is 1. The van der Waals surface area contributed by atoms with Crippen LogP contribution in [0.5, 0.6) is 0 Å². The van der Waals surface area contributed by atoms with E-state index in [4.69, 9.17) is 61.9 Å². The molecule has 0 aliphatic rings. The molecule has 0 saturated heterocycles. The van der Waals surface area contributed by atoms with Crippen LogP contribution in [0.3, 0.4) is 0 Å². The molecule has 0 atom stereocenters. The highest BCUT2D eigenvalue weighted by atomic mass is 32.2. The topological polar surface area (TPSA) is 165 Å². The molecule has 15 nitrogen and oxygen atoms in total. The van der Waals surface area contributed by atoms with Gasteiger partial charge in [0.05, 0.1) is 164 Å². The van der Waals surface area contributed by atoms with Crippen LogP contribution in [0.2, 0.25) is 0 Å². The third-order valence-corrected chi connectivity index (χ3v) is 6.66. The van der Waals surface area contributed by atoms with Crippen LogP contribution in [0.25, 0.3) is 0 Å². The molecule has 0 spiro atoms. The SMILES string of the molecule is C=CS(=O)(=O)CCCOCCOCCOCCOCCOCCOCCOCCOCCOCCOCCOCCOCCO. The van der Waals surface area contributed by atoms with Gasteiger partial charge in [-0.1, -0.05) is 6.58 Å². The first-order valence-corrected chi connectivity index (χ1v) is 17.2. The highest BCUT2D eigenvalue weighted by Crippen LogP contribution is 1.95. The van der Waals surface area contributed by atoms with Crippen molar-refractivity contribution in [3.8, 4) is 0 Å². The summed E-state index contributed by atoms with van der Waals surface area (Å²) in [5, 5.41) is 9.54. The lowest BCUT2D eigenvalue weighted by Crippen LogP contribution is -2.15. The quantitative estimate of drug-likeness (QED) is 0.0869. The molecule has 0 aliphatic carbocycles.